The number of amides is 2. The molecule has 28 heavy (non-hydrogen) atoms. The van der Waals surface area contributed by atoms with Crippen molar-refractivity contribution >= 4 is 35.2 Å². The molecule has 0 aromatic heterocycles. The topological polar surface area (TPSA) is 111 Å². The molecular weight excluding hydrogens is 386 g/mol. The average molecular weight is 404 g/mol. The van der Waals surface area contributed by atoms with E-state index in [0.29, 0.717) is 16.3 Å². The summed E-state index contributed by atoms with van der Waals surface area (Å²) < 4.78 is 5.38. The van der Waals surface area contributed by atoms with Crippen LogP contribution in [0.4, 0.5) is 5.69 Å². The molecule has 0 spiro atoms. The number of nitro benzene ring substituents is 1. The van der Waals surface area contributed by atoms with E-state index in [0.717, 1.165) is 17.2 Å². The highest BCUT2D eigenvalue weighted by Gasteiger charge is 2.08. The molecule has 2 aromatic carbocycles. The number of hydrogen-bond donors (Lipinski definition) is 2. The van der Waals surface area contributed by atoms with Gasteiger partial charge in [-0.15, -0.1) is 0 Å². The van der Waals surface area contributed by atoms with Crippen LogP contribution in [0.5, 0.6) is 5.75 Å². The Morgan fingerprint density at radius 1 is 1.18 bits per heavy atom. The van der Waals surface area contributed by atoms with Crippen LogP contribution in [-0.4, -0.2) is 23.3 Å². The van der Waals surface area contributed by atoms with E-state index in [1.807, 2.05) is 13.8 Å². The fourth-order valence-corrected chi connectivity index (χ4v) is 2.37. The van der Waals surface area contributed by atoms with Gasteiger partial charge >= 0.3 is 0 Å². The summed E-state index contributed by atoms with van der Waals surface area (Å²) in [6.45, 7) is 3.36. The summed E-state index contributed by atoms with van der Waals surface area (Å²) in [7, 11) is 0. The Morgan fingerprint density at radius 3 is 2.50 bits per heavy atom. The lowest BCUT2D eigenvalue weighted by atomic mass is 10.1. The third-order valence-electron chi connectivity index (χ3n) is 3.61. The molecule has 8 nitrogen and oxygen atoms in total. The van der Waals surface area contributed by atoms with Crippen LogP contribution in [0.15, 0.2) is 42.5 Å². The molecule has 0 aliphatic carbocycles. The van der Waals surface area contributed by atoms with Crippen LogP contribution in [0.1, 0.15) is 16.7 Å². The second kappa shape index (κ2) is 9.52. The molecule has 0 bridgehead atoms. The molecule has 2 aromatic rings. The van der Waals surface area contributed by atoms with Crippen molar-refractivity contribution in [2.24, 2.45) is 0 Å². The van der Waals surface area contributed by atoms with Crippen LogP contribution in [0.3, 0.4) is 0 Å². The van der Waals surface area contributed by atoms with Gasteiger partial charge in [0.2, 0.25) is 0 Å². The number of carbonyl (C=O) groups excluding carboxylic acids is 2. The van der Waals surface area contributed by atoms with Crippen LogP contribution in [0.25, 0.3) is 6.08 Å². The number of hydrogen-bond acceptors (Lipinski definition) is 5. The molecule has 2 amide bonds. The summed E-state index contributed by atoms with van der Waals surface area (Å²) >= 11 is 6.07. The summed E-state index contributed by atoms with van der Waals surface area (Å²) in [6, 6.07) is 9.22. The minimum atomic E-state index is -0.599. The fourth-order valence-electron chi connectivity index (χ4n) is 2.26. The lowest BCUT2D eigenvalue weighted by molar-refractivity contribution is -0.384. The first-order valence-electron chi connectivity index (χ1n) is 8.17. The number of benzene rings is 2. The van der Waals surface area contributed by atoms with Gasteiger partial charge < -0.3 is 4.74 Å². The minimum Gasteiger partial charge on any atom is -0.484 e. The molecule has 0 saturated carbocycles. The van der Waals surface area contributed by atoms with Crippen molar-refractivity contribution in [2.75, 3.05) is 6.61 Å². The molecule has 9 heteroatoms. The largest absolute Gasteiger partial charge is 0.484 e. The number of carbonyl (C=O) groups is 2. The van der Waals surface area contributed by atoms with E-state index in [2.05, 4.69) is 10.9 Å². The number of non-ortho nitro benzene ring substituents is 1. The summed E-state index contributed by atoms with van der Waals surface area (Å²) in [4.78, 5) is 33.7. The SMILES string of the molecule is Cc1cc(OCC(=O)NNC(=O)/C=C\c2cccc([N+](=O)[O-])c2)cc(C)c1Cl. The van der Waals surface area contributed by atoms with Gasteiger partial charge in [0.05, 0.1) is 4.92 Å². The van der Waals surface area contributed by atoms with E-state index in [1.54, 1.807) is 18.2 Å². The number of nitrogens with one attached hydrogen (secondary N) is 2. The van der Waals surface area contributed by atoms with E-state index in [4.69, 9.17) is 16.3 Å². The van der Waals surface area contributed by atoms with Gasteiger partial charge in [0.25, 0.3) is 17.5 Å². The van der Waals surface area contributed by atoms with Crippen LogP contribution < -0.4 is 15.6 Å². The molecule has 0 aliphatic rings. The first-order valence-corrected chi connectivity index (χ1v) is 8.55. The van der Waals surface area contributed by atoms with Gasteiger partial charge in [0.15, 0.2) is 6.61 Å². The number of aryl methyl sites for hydroxylation is 2. The Hall–Kier alpha value is -3.39. The predicted octanol–water partition coefficient (Wildman–Crippen LogP) is 3.10. The smallest absolute Gasteiger partial charge is 0.276 e. The first-order chi connectivity index (χ1) is 13.3. The van der Waals surface area contributed by atoms with Crippen molar-refractivity contribution in [1.82, 2.24) is 10.9 Å². The Kier molecular flexibility index (Phi) is 7.11. The molecule has 0 fully saturated rings. The molecule has 0 saturated heterocycles. The maximum Gasteiger partial charge on any atom is 0.276 e. The van der Waals surface area contributed by atoms with Crippen molar-refractivity contribution in [3.8, 4) is 5.75 Å². The zero-order valence-electron chi connectivity index (χ0n) is 15.2. The molecule has 2 rings (SSSR count). The highest BCUT2D eigenvalue weighted by atomic mass is 35.5. The van der Waals surface area contributed by atoms with E-state index in [-0.39, 0.29) is 12.3 Å². The van der Waals surface area contributed by atoms with Crippen molar-refractivity contribution < 1.29 is 19.2 Å². The molecule has 0 radical (unpaired) electrons. The van der Waals surface area contributed by atoms with E-state index < -0.39 is 16.7 Å². The zero-order chi connectivity index (χ0) is 20.7. The second-order valence-electron chi connectivity index (χ2n) is 5.88. The average Bonchev–Trinajstić information content (AvgIpc) is 2.67. The predicted molar refractivity (Wildman–Crippen MR) is 105 cm³/mol. The number of ether oxygens (including phenoxy) is 1. The number of rotatable bonds is 6. The zero-order valence-corrected chi connectivity index (χ0v) is 15.9. The molecular formula is C19H18ClN3O5. The van der Waals surface area contributed by atoms with Crippen LogP contribution in [-0.2, 0) is 9.59 Å². The van der Waals surface area contributed by atoms with Crippen LogP contribution in [0, 0.1) is 24.0 Å². The van der Waals surface area contributed by atoms with E-state index in [1.165, 1.54) is 24.3 Å². The summed E-state index contributed by atoms with van der Waals surface area (Å²) in [5.41, 5.74) is 6.47. The maximum absolute atomic E-state index is 11.8. The lowest BCUT2D eigenvalue weighted by Gasteiger charge is -2.10. The van der Waals surface area contributed by atoms with E-state index >= 15 is 0 Å². The third kappa shape index (κ3) is 6.10. The lowest BCUT2D eigenvalue weighted by Crippen LogP contribution is -2.43. The first kappa shape index (κ1) is 20.9. The summed E-state index contributed by atoms with van der Waals surface area (Å²) in [5.74, 6) is -0.660. The van der Waals surface area contributed by atoms with Crippen molar-refractivity contribution in [1.29, 1.82) is 0 Å². The highest BCUT2D eigenvalue weighted by Crippen LogP contribution is 2.25. The Balaban J connectivity index is 1.81. The van der Waals surface area contributed by atoms with Crippen LogP contribution >= 0.6 is 11.6 Å². The third-order valence-corrected chi connectivity index (χ3v) is 4.21. The monoisotopic (exact) mass is 403 g/mol. The van der Waals surface area contributed by atoms with Gasteiger partial charge in [-0.25, -0.2) is 0 Å². The van der Waals surface area contributed by atoms with E-state index in [9.17, 15) is 19.7 Å². The molecule has 0 unspecified atom stereocenters. The molecule has 2 N–H and O–H groups in total. The van der Waals surface area contributed by atoms with Crippen molar-refractivity contribution in [3.05, 3.63) is 74.3 Å². The Labute approximate surface area is 166 Å². The molecule has 0 heterocycles. The number of nitrogens with zero attached hydrogens (tertiary/aromatic N) is 1. The minimum absolute atomic E-state index is 0.0827. The second-order valence-corrected chi connectivity index (χ2v) is 6.26. The normalized spacial score (nSPS) is 10.5. The standard InChI is InChI=1S/C19H18ClN3O5/c1-12-8-16(9-13(2)19(12)20)28-11-18(25)22-21-17(24)7-6-14-4-3-5-15(10-14)23(26)27/h3-10H,11H2,1-2H3,(H,21,24)(H,22,25)/b7-6-. The van der Waals surface area contributed by atoms with Crippen molar-refractivity contribution in [2.45, 2.75) is 13.8 Å². The highest BCUT2D eigenvalue weighted by molar-refractivity contribution is 6.32. The summed E-state index contributed by atoms with van der Waals surface area (Å²) in [6.07, 6.45) is 2.54. The Bertz CT molecular complexity index is 920. The Morgan fingerprint density at radius 2 is 1.86 bits per heavy atom. The molecule has 0 aliphatic heterocycles. The van der Waals surface area contributed by atoms with Gasteiger partial charge in [-0.1, -0.05) is 23.7 Å². The van der Waals surface area contributed by atoms with Gasteiger partial charge in [0.1, 0.15) is 5.75 Å². The van der Waals surface area contributed by atoms with Gasteiger partial charge in [-0.05, 0) is 48.7 Å². The quantitative estimate of drug-likeness (QED) is 0.437. The fraction of sp³-hybridized carbons (Fsp3) is 0.158. The van der Waals surface area contributed by atoms with Gasteiger partial charge in [-0.3, -0.25) is 30.6 Å². The maximum atomic E-state index is 11.8. The summed E-state index contributed by atoms with van der Waals surface area (Å²) in [5, 5.41) is 11.4. The number of halogens is 1. The number of nitro groups is 1. The van der Waals surface area contributed by atoms with Gasteiger partial charge in [0, 0.05) is 23.2 Å². The molecule has 0 atom stereocenters. The molecule has 146 valence electrons. The van der Waals surface area contributed by atoms with Gasteiger partial charge in [-0.2, -0.15) is 0 Å². The van der Waals surface area contributed by atoms with Crippen molar-refractivity contribution in [3.63, 3.8) is 0 Å². The van der Waals surface area contributed by atoms with Crippen LogP contribution in [0.2, 0.25) is 5.02 Å². The number of hydrazine groups is 1.